The largest absolute Gasteiger partial charge is 0.378 e. The summed E-state index contributed by atoms with van der Waals surface area (Å²) >= 11 is 3.54. The number of halogens is 1. The number of likely N-dealkylation sites (N-methyl/N-ethyl adjacent to an activating group) is 1. The number of carbonyl (C=O) groups is 2. The molecule has 170 valence electrons. The van der Waals surface area contributed by atoms with Crippen molar-refractivity contribution in [3.63, 3.8) is 0 Å². The summed E-state index contributed by atoms with van der Waals surface area (Å²) in [6.07, 6.45) is 1.22. The van der Waals surface area contributed by atoms with E-state index in [4.69, 9.17) is 4.74 Å². The van der Waals surface area contributed by atoms with Crippen molar-refractivity contribution in [2.45, 2.75) is 20.3 Å². The molecule has 0 aliphatic carbocycles. The number of nitrogens with one attached hydrogen (secondary N) is 1. The van der Waals surface area contributed by atoms with Crippen LogP contribution in [0, 0.1) is 11.8 Å². The maximum atomic E-state index is 12.8. The molecule has 7 nitrogen and oxygen atoms in total. The van der Waals surface area contributed by atoms with Gasteiger partial charge < -0.3 is 24.8 Å². The highest BCUT2D eigenvalue weighted by atomic mass is 79.9. The minimum atomic E-state index is -0.321. The Morgan fingerprint density at radius 1 is 1.19 bits per heavy atom. The molecule has 2 aliphatic heterocycles. The van der Waals surface area contributed by atoms with Crippen LogP contribution in [0.15, 0.2) is 29.3 Å². The van der Waals surface area contributed by atoms with Crippen molar-refractivity contribution in [1.29, 1.82) is 0 Å². The number of urea groups is 1. The maximum Gasteiger partial charge on any atom is 0.322 e. The predicted octanol–water partition coefficient (Wildman–Crippen LogP) is 3.72. The molecule has 0 radical (unpaired) electrons. The lowest BCUT2D eigenvalue weighted by Crippen LogP contribution is -2.46. The molecule has 1 aromatic carbocycles. The highest BCUT2D eigenvalue weighted by molar-refractivity contribution is 9.10. The fourth-order valence-corrected chi connectivity index (χ4v) is 4.68. The highest BCUT2D eigenvalue weighted by Crippen LogP contribution is 2.33. The number of likely N-dealkylation sites (tertiary alicyclic amines) is 1. The lowest BCUT2D eigenvalue weighted by Gasteiger charge is -2.38. The molecule has 2 aliphatic rings. The van der Waals surface area contributed by atoms with Gasteiger partial charge in [0.1, 0.15) is 6.54 Å². The molecule has 0 bridgehead atoms. The van der Waals surface area contributed by atoms with E-state index < -0.39 is 0 Å². The molecule has 2 saturated heterocycles. The number of amides is 3. The Morgan fingerprint density at radius 2 is 1.84 bits per heavy atom. The Balaban J connectivity index is 1.68. The fourth-order valence-electron chi connectivity index (χ4n) is 4.32. The van der Waals surface area contributed by atoms with Gasteiger partial charge in [0, 0.05) is 49.0 Å². The number of ether oxygens (including phenoxy) is 1. The van der Waals surface area contributed by atoms with Gasteiger partial charge in [0.25, 0.3) is 0 Å². The van der Waals surface area contributed by atoms with Crippen molar-refractivity contribution >= 4 is 39.3 Å². The molecule has 1 aromatic rings. The van der Waals surface area contributed by atoms with E-state index in [2.05, 4.69) is 46.6 Å². The minimum Gasteiger partial charge on any atom is -0.378 e. The van der Waals surface area contributed by atoms with Crippen LogP contribution in [-0.2, 0) is 9.53 Å². The smallest absolute Gasteiger partial charge is 0.322 e. The normalized spacial score (nSPS) is 21.5. The zero-order valence-corrected chi connectivity index (χ0v) is 20.3. The summed E-state index contributed by atoms with van der Waals surface area (Å²) in [5.74, 6) is 1.13. The molecule has 0 saturated carbocycles. The summed E-state index contributed by atoms with van der Waals surface area (Å²) in [5.41, 5.74) is 2.48. The van der Waals surface area contributed by atoms with Crippen molar-refractivity contribution in [2.24, 2.45) is 11.8 Å². The molecule has 3 rings (SSSR count). The second kappa shape index (κ2) is 10.5. The quantitative estimate of drug-likeness (QED) is 0.679. The van der Waals surface area contributed by atoms with Crippen molar-refractivity contribution < 1.29 is 14.3 Å². The number of carbonyl (C=O) groups excluding carboxylic acids is 2. The zero-order valence-electron chi connectivity index (χ0n) is 18.7. The molecule has 0 aromatic heterocycles. The van der Waals surface area contributed by atoms with Gasteiger partial charge in [-0.2, -0.15) is 0 Å². The molecule has 1 N–H and O–H groups in total. The summed E-state index contributed by atoms with van der Waals surface area (Å²) in [5, 5.41) is 2.97. The lowest BCUT2D eigenvalue weighted by molar-refractivity contribution is -0.135. The second-order valence-electron chi connectivity index (χ2n) is 8.77. The van der Waals surface area contributed by atoms with E-state index in [1.807, 2.05) is 18.2 Å². The van der Waals surface area contributed by atoms with Crippen LogP contribution < -0.4 is 5.32 Å². The van der Waals surface area contributed by atoms with Gasteiger partial charge in [-0.05, 0) is 36.5 Å². The summed E-state index contributed by atoms with van der Waals surface area (Å²) in [6.45, 7) is 13.0. The Morgan fingerprint density at radius 3 is 2.48 bits per heavy atom. The standard InChI is InChI=1S/C23H33BrN4O3/c1-16-11-17(2)14-28(13-16)18(3)20-12-19(24)5-6-21(20)25-23(30)26(4)15-22(29)27-7-9-31-10-8-27/h5-6,12,16-17H,3,7-11,13-15H2,1-2,4H3,(H,25,30)/t16-,17?/m0/s1. The van der Waals surface area contributed by atoms with Crippen LogP contribution in [0.5, 0.6) is 0 Å². The van der Waals surface area contributed by atoms with Crippen LogP contribution in [0.25, 0.3) is 5.70 Å². The van der Waals surface area contributed by atoms with Gasteiger partial charge in [0.15, 0.2) is 0 Å². The number of hydrogen-bond donors (Lipinski definition) is 1. The molecule has 8 heteroatoms. The van der Waals surface area contributed by atoms with Gasteiger partial charge in [0.2, 0.25) is 5.91 Å². The molecule has 2 atom stereocenters. The summed E-state index contributed by atoms with van der Waals surface area (Å²) in [7, 11) is 1.63. The average molecular weight is 493 g/mol. The predicted molar refractivity (Wildman–Crippen MR) is 127 cm³/mol. The number of benzene rings is 1. The molecular formula is C23H33BrN4O3. The minimum absolute atomic E-state index is 0.0276. The molecule has 31 heavy (non-hydrogen) atoms. The monoisotopic (exact) mass is 492 g/mol. The highest BCUT2D eigenvalue weighted by Gasteiger charge is 2.25. The third-order valence-electron chi connectivity index (χ3n) is 5.87. The number of nitrogens with zero attached hydrogens (tertiary/aromatic N) is 3. The van der Waals surface area contributed by atoms with E-state index in [1.54, 1.807) is 11.9 Å². The zero-order chi connectivity index (χ0) is 22.5. The van der Waals surface area contributed by atoms with E-state index in [1.165, 1.54) is 11.3 Å². The van der Waals surface area contributed by atoms with Crippen molar-refractivity contribution in [2.75, 3.05) is 58.3 Å². The first-order valence-electron chi connectivity index (χ1n) is 10.9. The number of hydrogen-bond acceptors (Lipinski definition) is 4. The number of rotatable bonds is 5. The molecule has 0 spiro atoms. The first-order chi connectivity index (χ1) is 14.7. The second-order valence-corrected chi connectivity index (χ2v) is 9.68. The van der Waals surface area contributed by atoms with E-state index >= 15 is 0 Å². The third-order valence-corrected chi connectivity index (χ3v) is 6.36. The summed E-state index contributed by atoms with van der Waals surface area (Å²) in [4.78, 5) is 30.8. The molecule has 3 amide bonds. The summed E-state index contributed by atoms with van der Waals surface area (Å²) in [6, 6.07) is 5.43. The molecule has 1 unspecified atom stereocenters. The Labute approximate surface area is 193 Å². The van der Waals surface area contributed by atoms with Gasteiger partial charge in [0.05, 0.1) is 18.9 Å². The number of anilines is 1. The number of morpholine rings is 1. The molecular weight excluding hydrogens is 460 g/mol. The van der Waals surface area contributed by atoms with Crippen LogP contribution in [0.4, 0.5) is 10.5 Å². The van der Waals surface area contributed by atoms with Gasteiger partial charge in [-0.25, -0.2) is 4.79 Å². The van der Waals surface area contributed by atoms with E-state index in [-0.39, 0.29) is 18.5 Å². The van der Waals surface area contributed by atoms with Crippen LogP contribution in [0.1, 0.15) is 25.8 Å². The van der Waals surface area contributed by atoms with Crippen LogP contribution in [0.2, 0.25) is 0 Å². The van der Waals surface area contributed by atoms with Gasteiger partial charge in [-0.15, -0.1) is 0 Å². The molecule has 2 fully saturated rings. The maximum absolute atomic E-state index is 12.8. The lowest BCUT2D eigenvalue weighted by atomic mass is 9.91. The van der Waals surface area contributed by atoms with Crippen LogP contribution in [-0.4, -0.2) is 79.6 Å². The first kappa shape index (κ1) is 23.6. The Kier molecular flexibility index (Phi) is 8.00. The van der Waals surface area contributed by atoms with E-state index in [0.717, 1.165) is 28.8 Å². The van der Waals surface area contributed by atoms with E-state index in [9.17, 15) is 9.59 Å². The summed E-state index contributed by atoms with van der Waals surface area (Å²) < 4.78 is 6.21. The average Bonchev–Trinajstić information content (AvgIpc) is 2.74. The topological polar surface area (TPSA) is 65.1 Å². The van der Waals surface area contributed by atoms with Gasteiger partial charge in [-0.3, -0.25) is 4.79 Å². The van der Waals surface area contributed by atoms with Crippen molar-refractivity contribution in [3.8, 4) is 0 Å². The first-order valence-corrected chi connectivity index (χ1v) is 11.6. The SMILES string of the molecule is C=C(c1cc(Br)ccc1NC(=O)N(C)CC(=O)N1CCOCC1)N1CC(C)C[C@H](C)C1. The Hall–Kier alpha value is -2.06. The van der Waals surface area contributed by atoms with Crippen molar-refractivity contribution in [3.05, 3.63) is 34.8 Å². The van der Waals surface area contributed by atoms with Crippen molar-refractivity contribution in [1.82, 2.24) is 14.7 Å². The third kappa shape index (κ3) is 6.23. The van der Waals surface area contributed by atoms with Gasteiger partial charge >= 0.3 is 6.03 Å². The van der Waals surface area contributed by atoms with Crippen LogP contribution in [0.3, 0.4) is 0 Å². The van der Waals surface area contributed by atoms with E-state index in [0.29, 0.717) is 43.8 Å². The van der Waals surface area contributed by atoms with Crippen LogP contribution >= 0.6 is 15.9 Å². The fraction of sp³-hybridized carbons (Fsp3) is 0.565. The van der Waals surface area contributed by atoms with Gasteiger partial charge in [-0.1, -0.05) is 36.4 Å². The number of piperidine rings is 1. The molecule has 2 heterocycles. The Bertz CT molecular complexity index is 815.